The number of hydrogen-bond donors (Lipinski definition) is 1. The molecule has 0 spiro atoms. The summed E-state index contributed by atoms with van der Waals surface area (Å²) in [6, 6.07) is 8.38. The molecule has 1 aliphatic carbocycles. The lowest BCUT2D eigenvalue weighted by atomic mass is 9.90. The van der Waals surface area contributed by atoms with Crippen molar-refractivity contribution in [1.82, 2.24) is 4.90 Å². The van der Waals surface area contributed by atoms with Gasteiger partial charge in [0.2, 0.25) is 0 Å². The van der Waals surface area contributed by atoms with Crippen LogP contribution in [-0.2, 0) is 4.74 Å². The molecule has 2 fully saturated rings. The van der Waals surface area contributed by atoms with Crippen molar-refractivity contribution in [3.05, 3.63) is 62.9 Å². The number of carboxylic acid groups (broad SMARTS) is 1. The molecule has 0 aromatic heterocycles. The molecule has 4 rings (SSSR count). The molecule has 5 nitrogen and oxygen atoms in total. The average Bonchev–Trinajstić information content (AvgIpc) is 3.62. The lowest BCUT2D eigenvalue weighted by Gasteiger charge is -2.42. The van der Waals surface area contributed by atoms with Gasteiger partial charge in [-0.2, -0.15) is 0 Å². The Morgan fingerprint density at radius 3 is 2.36 bits per heavy atom. The van der Waals surface area contributed by atoms with E-state index in [-0.39, 0.29) is 24.1 Å². The highest BCUT2D eigenvalue weighted by Crippen LogP contribution is 2.45. The van der Waals surface area contributed by atoms with Crippen molar-refractivity contribution in [3.63, 3.8) is 0 Å². The quantitative estimate of drug-likeness (QED) is 0.463. The summed E-state index contributed by atoms with van der Waals surface area (Å²) < 4.78 is 26.3. The fraction of sp³-hybridized carbons (Fsp3) is 0.480. The SMILES string of the molecule is COC1(COc2cc(F)c(C(=O)O)cc2C2CC2)CCN(C(C)c2cc(Cl)cc(Cl)c2)CC1. The molecule has 1 atom stereocenters. The maximum absolute atomic E-state index is 14.3. The Labute approximate surface area is 203 Å². The zero-order chi connectivity index (χ0) is 23.8. The molecule has 2 aliphatic rings. The third kappa shape index (κ3) is 5.46. The highest BCUT2D eigenvalue weighted by atomic mass is 35.5. The number of aromatic carboxylic acids is 1. The smallest absolute Gasteiger partial charge is 0.338 e. The van der Waals surface area contributed by atoms with Gasteiger partial charge in [0.05, 0.1) is 5.56 Å². The number of piperidine rings is 1. The van der Waals surface area contributed by atoms with Crippen LogP contribution in [0.4, 0.5) is 4.39 Å². The van der Waals surface area contributed by atoms with Gasteiger partial charge in [-0.25, -0.2) is 9.18 Å². The summed E-state index contributed by atoms with van der Waals surface area (Å²) in [5.74, 6) is -1.40. The summed E-state index contributed by atoms with van der Waals surface area (Å²) in [5.41, 5.74) is 1.03. The first kappa shape index (κ1) is 24.3. The molecule has 8 heteroatoms. The number of carbonyl (C=O) groups is 1. The van der Waals surface area contributed by atoms with Crippen LogP contribution >= 0.6 is 23.2 Å². The predicted molar refractivity (Wildman–Crippen MR) is 126 cm³/mol. The fourth-order valence-corrected chi connectivity index (χ4v) is 5.08. The Morgan fingerprint density at radius 1 is 1.18 bits per heavy atom. The van der Waals surface area contributed by atoms with E-state index < -0.39 is 17.4 Å². The molecule has 178 valence electrons. The zero-order valence-corrected chi connectivity index (χ0v) is 20.3. The number of benzene rings is 2. The maximum Gasteiger partial charge on any atom is 0.338 e. The van der Waals surface area contributed by atoms with Crippen LogP contribution in [0.3, 0.4) is 0 Å². The largest absolute Gasteiger partial charge is 0.490 e. The molecular weight excluding hydrogens is 468 g/mol. The van der Waals surface area contributed by atoms with Crippen LogP contribution in [0.2, 0.25) is 10.0 Å². The van der Waals surface area contributed by atoms with Gasteiger partial charge in [-0.1, -0.05) is 23.2 Å². The standard InChI is InChI=1S/C25H28Cl2FNO4/c1-15(17-9-18(26)11-19(27)10-17)29-7-5-25(32-2,6-8-29)14-33-23-13-22(28)21(24(30)31)12-20(23)16-3-4-16/h9-13,15-16H,3-8,14H2,1-2H3,(H,30,31). The van der Waals surface area contributed by atoms with E-state index in [9.17, 15) is 14.3 Å². The zero-order valence-electron chi connectivity index (χ0n) is 18.7. The van der Waals surface area contributed by atoms with Crippen molar-refractivity contribution in [3.8, 4) is 5.75 Å². The predicted octanol–water partition coefficient (Wildman–Crippen LogP) is 6.33. The van der Waals surface area contributed by atoms with E-state index in [0.29, 0.717) is 15.8 Å². The summed E-state index contributed by atoms with van der Waals surface area (Å²) in [6.45, 7) is 4.00. The third-order valence-electron chi connectivity index (χ3n) is 6.90. The van der Waals surface area contributed by atoms with Crippen molar-refractivity contribution >= 4 is 29.2 Å². The Hall–Kier alpha value is -1.86. The Morgan fingerprint density at radius 2 is 1.82 bits per heavy atom. The van der Waals surface area contributed by atoms with Crippen molar-refractivity contribution in [2.45, 2.75) is 50.2 Å². The highest BCUT2D eigenvalue weighted by molar-refractivity contribution is 6.34. The topological polar surface area (TPSA) is 59.0 Å². The molecule has 1 saturated carbocycles. The van der Waals surface area contributed by atoms with Gasteiger partial charge in [0, 0.05) is 42.4 Å². The van der Waals surface area contributed by atoms with Crippen LogP contribution in [0.25, 0.3) is 0 Å². The first-order valence-corrected chi connectivity index (χ1v) is 11.9. The number of likely N-dealkylation sites (tertiary alicyclic amines) is 1. The second-order valence-corrected chi connectivity index (χ2v) is 9.91. The number of methoxy groups -OCH3 is 1. The number of rotatable bonds is 8. The van der Waals surface area contributed by atoms with E-state index in [1.165, 1.54) is 12.1 Å². The number of hydrogen-bond acceptors (Lipinski definition) is 4. The molecule has 2 aromatic carbocycles. The van der Waals surface area contributed by atoms with Crippen LogP contribution in [-0.4, -0.2) is 48.4 Å². The number of halogens is 3. The van der Waals surface area contributed by atoms with Gasteiger partial charge in [-0.3, -0.25) is 4.90 Å². The summed E-state index contributed by atoms with van der Waals surface area (Å²) in [5, 5.41) is 10.5. The minimum absolute atomic E-state index is 0.149. The van der Waals surface area contributed by atoms with Crippen molar-refractivity contribution in [2.24, 2.45) is 0 Å². The number of carboxylic acids is 1. The van der Waals surface area contributed by atoms with Gasteiger partial charge >= 0.3 is 5.97 Å². The molecular formula is C25H28Cl2FNO4. The number of nitrogens with zero attached hydrogens (tertiary/aromatic N) is 1. The fourth-order valence-electron chi connectivity index (χ4n) is 4.54. The Bertz CT molecular complexity index is 1020. The molecule has 1 N–H and O–H groups in total. The molecule has 2 aromatic rings. The summed E-state index contributed by atoms with van der Waals surface area (Å²) in [6.07, 6.45) is 3.40. The van der Waals surface area contributed by atoms with Gasteiger partial charge in [0.15, 0.2) is 0 Å². The van der Waals surface area contributed by atoms with E-state index in [4.69, 9.17) is 32.7 Å². The summed E-state index contributed by atoms with van der Waals surface area (Å²) >= 11 is 12.4. The molecule has 1 aliphatic heterocycles. The lowest BCUT2D eigenvalue weighted by Crippen LogP contribution is -2.49. The molecule has 1 heterocycles. The molecule has 33 heavy (non-hydrogen) atoms. The van der Waals surface area contributed by atoms with Gasteiger partial charge in [-0.15, -0.1) is 0 Å². The van der Waals surface area contributed by atoms with E-state index in [1.807, 2.05) is 12.1 Å². The minimum atomic E-state index is -1.27. The second-order valence-electron chi connectivity index (χ2n) is 9.04. The van der Waals surface area contributed by atoms with E-state index in [1.54, 1.807) is 13.2 Å². The number of ether oxygens (including phenoxy) is 2. The molecule has 0 radical (unpaired) electrons. The van der Waals surface area contributed by atoms with Crippen molar-refractivity contribution in [1.29, 1.82) is 0 Å². The van der Waals surface area contributed by atoms with Crippen molar-refractivity contribution in [2.75, 3.05) is 26.8 Å². The normalized spacial score (nSPS) is 19.3. The van der Waals surface area contributed by atoms with E-state index >= 15 is 0 Å². The minimum Gasteiger partial charge on any atom is -0.490 e. The van der Waals surface area contributed by atoms with Gasteiger partial charge in [0.1, 0.15) is 23.8 Å². The Kier molecular flexibility index (Phi) is 7.20. The lowest BCUT2D eigenvalue weighted by molar-refractivity contribution is -0.0877. The van der Waals surface area contributed by atoms with Gasteiger partial charge in [0.25, 0.3) is 0 Å². The maximum atomic E-state index is 14.3. The van der Waals surface area contributed by atoms with Crippen LogP contribution < -0.4 is 4.74 Å². The third-order valence-corrected chi connectivity index (χ3v) is 7.33. The molecule has 0 amide bonds. The van der Waals surface area contributed by atoms with Gasteiger partial charge < -0.3 is 14.6 Å². The average molecular weight is 496 g/mol. The first-order chi connectivity index (χ1) is 15.7. The summed E-state index contributed by atoms with van der Waals surface area (Å²) in [7, 11) is 1.68. The molecule has 1 unspecified atom stereocenters. The Balaban J connectivity index is 1.44. The van der Waals surface area contributed by atoms with Crippen LogP contribution in [0, 0.1) is 5.82 Å². The van der Waals surface area contributed by atoms with Crippen LogP contribution in [0.1, 0.15) is 66.1 Å². The monoisotopic (exact) mass is 495 g/mol. The van der Waals surface area contributed by atoms with E-state index in [0.717, 1.165) is 49.9 Å². The summed E-state index contributed by atoms with van der Waals surface area (Å²) in [4.78, 5) is 13.7. The molecule has 1 saturated heterocycles. The highest BCUT2D eigenvalue weighted by Gasteiger charge is 2.38. The van der Waals surface area contributed by atoms with Gasteiger partial charge in [-0.05, 0) is 73.9 Å². The van der Waals surface area contributed by atoms with Crippen LogP contribution in [0.5, 0.6) is 5.75 Å². The second kappa shape index (κ2) is 9.79. The first-order valence-electron chi connectivity index (χ1n) is 11.2. The van der Waals surface area contributed by atoms with Crippen LogP contribution in [0.15, 0.2) is 30.3 Å². The van der Waals surface area contributed by atoms with E-state index in [2.05, 4.69) is 11.8 Å². The van der Waals surface area contributed by atoms with Crippen molar-refractivity contribution < 1.29 is 23.8 Å². The molecule has 0 bridgehead atoms.